The molecule has 0 atom stereocenters. The van der Waals surface area contributed by atoms with Crippen molar-refractivity contribution in [2.24, 2.45) is 0 Å². The molecule has 0 amide bonds. The first-order valence-electron chi connectivity index (χ1n) is 5.97. The van der Waals surface area contributed by atoms with E-state index in [9.17, 15) is 4.79 Å². The average molecular weight is 256 g/mol. The lowest BCUT2D eigenvalue weighted by Gasteiger charge is -1.96. The van der Waals surface area contributed by atoms with Gasteiger partial charge < -0.3 is 0 Å². The van der Waals surface area contributed by atoms with Crippen LogP contribution in [0.4, 0.5) is 0 Å². The van der Waals surface area contributed by atoms with Gasteiger partial charge in [0.05, 0.1) is 0 Å². The van der Waals surface area contributed by atoms with Crippen LogP contribution in [0.3, 0.4) is 0 Å². The van der Waals surface area contributed by atoms with Crippen molar-refractivity contribution in [3.63, 3.8) is 0 Å². The van der Waals surface area contributed by atoms with Gasteiger partial charge in [-0.05, 0) is 39.0 Å². The molecule has 0 radical (unpaired) electrons. The van der Waals surface area contributed by atoms with Gasteiger partial charge in [0.25, 0.3) is 0 Å². The zero-order valence-electron chi connectivity index (χ0n) is 10.9. The first-order valence-corrected chi connectivity index (χ1v) is 6.78. The summed E-state index contributed by atoms with van der Waals surface area (Å²) in [7, 11) is 0. The van der Waals surface area contributed by atoms with Crippen molar-refractivity contribution in [3.05, 3.63) is 55.9 Å². The highest BCUT2D eigenvalue weighted by atomic mass is 32.1. The molecule has 0 unspecified atom stereocenters. The van der Waals surface area contributed by atoms with Gasteiger partial charge in [-0.1, -0.05) is 29.9 Å². The fraction of sp³-hybridized carbons (Fsp3) is 0.188. The molecule has 1 nitrogen and oxygen atoms in total. The maximum atomic E-state index is 12.4. The van der Waals surface area contributed by atoms with Crippen LogP contribution in [0.5, 0.6) is 0 Å². The van der Waals surface area contributed by atoms with Crippen molar-refractivity contribution in [2.75, 3.05) is 0 Å². The molecule has 0 saturated heterocycles. The standard InChI is InChI=1S/C16H16OS/c1-4-14-13(10-9-11(2)3)16(17)12-7-5-6-8-15(12)18-14/h4-10H,1-3H3/b13-10+,14-4+. The topological polar surface area (TPSA) is 17.1 Å². The van der Waals surface area contributed by atoms with E-state index >= 15 is 0 Å². The average Bonchev–Trinajstić information content (AvgIpc) is 2.37. The van der Waals surface area contributed by atoms with Crippen molar-refractivity contribution in [3.8, 4) is 0 Å². The van der Waals surface area contributed by atoms with Gasteiger partial charge in [0.1, 0.15) is 0 Å². The van der Waals surface area contributed by atoms with Crippen molar-refractivity contribution in [1.82, 2.24) is 0 Å². The van der Waals surface area contributed by atoms with E-state index in [2.05, 4.69) is 0 Å². The van der Waals surface area contributed by atoms with E-state index in [4.69, 9.17) is 0 Å². The number of hydrogen-bond acceptors (Lipinski definition) is 2. The van der Waals surface area contributed by atoms with Crippen LogP contribution in [0, 0.1) is 0 Å². The lowest BCUT2D eigenvalue weighted by molar-refractivity contribution is 1.40. The van der Waals surface area contributed by atoms with Gasteiger partial charge in [-0.2, -0.15) is 0 Å². The van der Waals surface area contributed by atoms with Crippen LogP contribution >= 0.6 is 11.3 Å². The van der Waals surface area contributed by atoms with E-state index in [0.717, 1.165) is 19.8 Å². The first kappa shape index (κ1) is 12.8. The molecule has 1 aromatic heterocycles. The van der Waals surface area contributed by atoms with Crippen molar-refractivity contribution in [2.45, 2.75) is 20.8 Å². The summed E-state index contributed by atoms with van der Waals surface area (Å²) in [5.41, 5.74) is 1.31. The molecule has 2 aromatic rings. The number of fused-ring (bicyclic) bond motifs is 1. The molecule has 92 valence electrons. The van der Waals surface area contributed by atoms with Gasteiger partial charge in [0.2, 0.25) is 0 Å². The second-order valence-corrected chi connectivity index (χ2v) is 5.49. The van der Waals surface area contributed by atoms with Gasteiger partial charge >= 0.3 is 0 Å². The summed E-state index contributed by atoms with van der Waals surface area (Å²) in [5.74, 6) is 0. The molecule has 18 heavy (non-hydrogen) atoms. The maximum absolute atomic E-state index is 12.4. The summed E-state index contributed by atoms with van der Waals surface area (Å²) in [6, 6.07) is 7.78. The fourth-order valence-electron chi connectivity index (χ4n) is 1.80. The summed E-state index contributed by atoms with van der Waals surface area (Å²) in [4.78, 5) is 12.4. The second-order valence-electron chi connectivity index (χ2n) is 4.40. The minimum absolute atomic E-state index is 0.120. The molecular weight excluding hydrogens is 240 g/mol. The predicted molar refractivity (Wildman–Crippen MR) is 81.4 cm³/mol. The molecule has 0 spiro atoms. The molecule has 2 heteroatoms. The Kier molecular flexibility index (Phi) is 3.78. The molecule has 0 aliphatic rings. The van der Waals surface area contributed by atoms with Gasteiger partial charge in [0.15, 0.2) is 5.43 Å². The zero-order valence-corrected chi connectivity index (χ0v) is 11.7. The van der Waals surface area contributed by atoms with E-state index in [1.54, 1.807) is 11.3 Å². The molecule has 0 fully saturated rings. The van der Waals surface area contributed by atoms with Crippen molar-refractivity contribution >= 4 is 33.6 Å². The Labute approximate surface area is 110 Å². The summed E-state index contributed by atoms with van der Waals surface area (Å²) < 4.78 is 2.08. The monoisotopic (exact) mass is 256 g/mol. The summed E-state index contributed by atoms with van der Waals surface area (Å²) >= 11 is 1.66. The van der Waals surface area contributed by atoms with Gasteiger partial charge in [-0.3, -0.25) is 4.79 Å². The minimum atomic E-state index is 0.120. The van der Waals surface area contributed by atoms with Crippen LogP contribution in [0.1, 0.15) is 20.8 Å². The maximum Gasteiger partial charge on any atom is 0.195 e. The van der Waals surface area contributed by atoms with E-state index in [-0.39, 0.29) is 5.43 Å². The van der Waals surface area contributed by atoms with E-state index in [0.29, 0.717) is 0 Å². The highest BCUT2D eigenvalue weighted by Crippen LogP contribution is 2.09. The van der Waals surface area contributed by atoms with E-state index in [1.807, 2.05) is 63.3 Å². The lowest BCUT2D eigenvalue weighted by atomic mass is 10.2. The minimum Gasteiger partial charge on any atom is -0.289 e. The van der Waals surface area contributed by atoms with Gasteiger partial charge in [-0.15, -0.1) is 11.3 Å². The Bertz CT molecular complexity index is 775. The molecule has 1 aromatic carbocycles. The third kappa shape index (κ3) is 2.44. The van der Waals surface area contributed by atoms with Crippen molar-refractivity contribution < 1.29 is 0 Å². The largest absolute Gasteiger partial charge is 0.289 e. The lowest BCUT2D eigenvalue weighted by Crippen LogP contribution is -2.36. The summed E-state index contributed by atoms with van der Waals surface area (Å²) in [6.45, 7) is 6.03. The van der Waals surface area contributed by atoms with Crippen LogP contribution in [0.2, 0.25) is 0 Å². The summed E-state index contributed by atoms with van der Waals surface area (Å²) in [5, 5.41) is 1.60. The Morgan fingerprint density at radius 1 is 1.22 bits per heavy atom. The first-order chi connectivity index (χ1) is 8.63. The highest BCUT2D eigenvalue weighted by molar-refractivity contribution is 7.16. The molecule has 0 aliphatic carbocycles. The highest BCUT2D eigenvalue weighted by Gasteiger charge is 2.00. The quantitative estimate of drug-likeness (QED) is 0.767. The number of rotatable bonds is 1. The zero-order chi connectivity index (χ0) is 13.1. The van der Waals surface area contributed by atoms with E-state index < -0.39 is 0 Å². The Morgan fingerprint density at radius 2 is 1.94 bits per heavy atom. The van der Waals surface area contributed by atoms with Gasteiger partial charge in [0, 0.05) is 19.8 Å². The smallest absolute Gasteiger partial charge is 0.195 e. The predicted octanol–water partition coefficient (Wildman–Crippen LogP) is 2.81. The Morgan fingerprint density at radius 3 is 2.61 bits per heavy atom. The van der Waals surface area contributed by atoms with Crippen LogP contribution in [0.15, 0.2) is 40.7 Å². The number of benzene rings is 1. The van der Waals surface area contributed by atoms with Crippen LogP contribution in [-0.2, 0) is 0 Å². The van der Waals surface area contributed by atoms with Crippen LogP contribution in [0.25, 0.3) is 22.2 Å². The number of allylic oxidation sites excluding steroid dienone is 2. The Hall–Kier alpha value is -1.67. The molecule has 0 saturated carbocycles. The van der Waals surface area contributed by atoms with E-state index in [1.165, 1.54) is 5.57 Å². The third-order valence-electron chi connectivity index (χ3n) is 2.71. The molecule has 0 N–H and O–H groups in total. The molecular formula is C16H16OS. The van der Waals surface area contributed by atoms with Crippen LogP contribution in [-0.4, -0.2) is 0 Å². The second kappa shape index (κ2) is 5.32. The number of hydrogen-bond donors (Lipinski definition) is 0. The molecule has 0 aliphatic heterocycles. The van der Waals surface area contributed by atoms with Crippen LogP contribution < -0.4 is 15.2 Å². The molecule has 2 rings (SSSR count). The Balaban J connectivity index is 2.98. The summed E-state index contributed by atoms with van der Waals surface area (Å²) in [6.07, 6.45) is 5.92. The molecule has 1 heterocycles. The fourth-order valence-corrected chi connectivity index (χ4v) is 2.84. The van der Waals surface area contributed by atoms with Crippen molar-refractivity contribution in [1.29, 1.82) is 0 Å². The molecule has 0 bridgehead atoms. The SMILES string of the molecule is C/C=c1/sc2ccccc2c(=O)/c1=C/C=C(C)C. The normalized spacial score (nSPS) is 13.1. The van der Waals surface area contributed by atoms with Gasteiger partial charge in [-0.25, -0.2) is 0 Å². The third-order valence-corrected chi connectivity index (χ3v) is 3.96.